The molecule has 5 heterocycles. The van der Waals surface area contributed by atoms with E-state index in [0.29, 0.717) is 0 Å². The Morgan fingerprint density at radius 3 is 1.22 bits per heavy atom. The zero-order valence-electron chi connectivity index (χ0n) is 44.4. The highest BCUT2D eigenvalue weighted by Gasteiger charge is 2.20. The minimum atomic E-state index is 0.797. The number of carbonyl (C=O) groups is 1. The Labute approximate surface area is 455 Å². The Bertz CT molecular complexity index is 3800. The van der Waals surface area contributed by atoms with Crippen molar-refractivity contribution in [3.8, 4) is 32.7 Å². The van der Waals surface area contributed by atoms with Gasteiger partial charge in [0.15, 0.2) is 6.29 Å². The molecule has 0 aliphatic carbocycles. The molecule has 0 amide bonds. The van der Waals surface area contributed by atoms with E-state index in [1.807, 2.05) is 11.3 Å². The van der Waals surface area contributed by atoms with Gasteiger partial charge in [-0.3, -0.25) is 4.79 Å². The van der Waals surface area contributed by atoms with Crippen molar-refractivity contribution in [2.45, 2.75) is 117 Å². The fourth-order valence-electron chi connectivity index (χ4n) is 11.9. The third-order valence-electron chi connectivity index (χ3n) is 15.9. The number of fused-ring (bicyclic) bond motifs is 9. The summed E-state index contributed by atoms with van der Waals surface area (Å²) in [5, 5.41) is 5.28. The van der Waals surface area contributed by atoms with Gasteiger partial charge in [-0.25, -0.2) is 0 Å². The van der Waals surface area contributed by atoms with Crippen molar-refractivity contribution in [3.63, 3.8) is 0 Å². The number of aryl methyl sites for hydroxylation is 3. The van der Waals surface area contributed by atoms with Crippen LogP contribution in [0.25, 0.3) is 96.7 Å². The molecule has 7 aromatic carbocycles. The second-order valence-electron chi connectivity index (χ2n) is 20.9. The molecule has 12 aromatic rings. The van der Waals surface area contributed by atoms with Crippen LogP contribution in [0.2, 0.25) is 0 Å². The first kappa shape index (κ1) is 49.7. The summed E-state index contributed by atoms with van der Waals surface area (Å²) in [5.41, 5.74) is 17.1. The standard InChI is InChI=1S/C69H68N4OS2/c1-4-7-10-17-40-70-61-22-15-13-20-57(61)59-43-51(30-38-63(59)70)48-24-32-53(33-25-48)73(54-34-26-49(27-35-54)52-31-39-64-60(44-52)58-21-14-16-23-62(58)71(64)41-18-11-8-5-2)55-36-28-50(29-37-55)67-46-66-69(76-67)68-65(45-56(47-74)75-68)72(66)42-19-12-9-6-3/h13-16,20-39,43-47H,4-12,17-19,40-42H2,1-3H3. The van der Waals surface area contributed by atoms with Crippen molar-refractivity contribution in [2.24, 2.45) is 0 Å². The van der Waals surface area contributed by atoms with Gasteiger partial charge < -0.3 is 18.6 Å². The van der Waals surface area contributed by atoms with Gasteiger partial charge in [-0.15, -0.1) is 22.7 Å². The van der Waals surface area contributed by atoms with Gasteiger partial charge >= 0.3 is 0 Å². The molecule has 0 unspecified atom stereocenters. The second-order valence-corrected chi connectivity index (χ2v) is 23.1. The van der Waals surface area contributed by atoms with Crippen molar-refractivity contribution in [2.75, 3.05) is 4.90 Å². The molecule has 0 N–H and O–H groups in total. The van der Waals surface area contributed by atoms with Crippen LogP contribution in [0.4, 0.5) is 17.1 Å². The van der Waals surface area contributed by atoms with E-state index in [0.717, 1.165) is 54.3 Å². The summed E-state index contributed by atoms with van der Waals surface area (Å²) in [7, 11) is 0. The van der Waals surface area contributed by atoms with Crippen molar-refractivity contribution >= 4 is 110 Å². The summed E-state index contributed by atoms with van der Waals surface area (Å²) < 4.78 is 10.0. The SMILES string of the molecule is CCCCCCn1c2ccccc2c2cc(-c3ccc(N(c4ccc(-c5ccc6c(c5)c5ccccc5n6CCCCCC)cc4)c4ccc(-c5cc6c(s5)c5sc(C=O)cc5n6CCCCCC)cc4)cc3)ccc21. The highest BCUT2D eigenvalue weighted by atomic mass is 32.1. The maximum atomic E-state index is 12.0. The maximum Gasteiger partial charge on any atom is 0.160 e. The summed E-state index contributed by atoms with van der Waals surface area (Å²) >= 11 is 3.47. The van der Waals surface area contributed by atoms with Crippen LogP contribution in [0, 0.1) is 0 Å². The maximum absolute atomic E-state index is 12.0. The lowest BCUT2D eigenvalue weighted by molar-refractivity contribution is 0.112. The predicted octanol–water partition coefficient (Wildman–Crippen LogP) is 21.2. The predicted molar refractivity (Wildman–Crippen MR) is 330 cm³/mol. The largest absolute Gasteiger partial charge is 0.340 e. The number of hydrogen-bond donors (Lipinski definition) is 0. The Hall–Kier alpha value is -7.19. The molecule has 382 valence electrons. The molecule has 0 spiro atoms. The van der Waals surface area contributed by atoms with Crippen molar-refractivity contribution < 1.29 is 4.79 Å². The van der Waals surface area contributed by atoms with E-state index in [9.17, 15) is 4.79 Å². The number of nitrogens with zero attached hydrogens (tertiary/aromatic N) is 4. The van der Waals surface area contributed by atoms with Crippen LogP contribution >= 0.6 is 22.7 Å². The summed E-state index contributed by atoms with van der Waals surface area (Å²) in [6.07, 6.45) is 15.8. The lowest BCUT2D eigenvalue weighted by Crippen LogP contribution is -2.09. The third-order valence-corrected chi connectivity index (χ3v) is 18.3. The summed E-state index contributed by atoms with van der Waals surface area (Å²) in [4.78, 5) is 16.4. The average Bonchev–Trinajstić information content (AvgIpc) is 4.30. The number of para-hydroxylation sites is 2. The van der Waals surface area contributed by atoms with Gasteiger partial charge in [0.1, 0.15) is 0 Å². The number of benzene rings is 7. The van der Waals surface area contributed by atoms with Crippen molar-refractivity contribution in [3.05, 3.63) is 175 Å². The zero-order chi connectivity index (χ0) is 51.5. The summed E-state index contributed by atoms with van der Waals surface area (Å²) in [6.45, 7) is 9.88. The molecule has 0 bridgehead atoms. The lowest BCUT2D eigenvalue weighted by Gasteiger charge is -2.26. The highest BCUT2D eigenvalue weighted by Crippen LogP contribution is 2.45. The smallest absolute Gasteiger partial charge is 0.160 e. The van der Waals surface area contributed by atoms with E-state index in [1.54, 1.807) is 11.3 Å². The molecule has 7 heteroatoms. The molecule has 76 heavy (non-hydrogen) atoms. The van der Waals surface area contributed by atoms with Crippen molar-refractivity contribution in [1.29, 1.82) is 0 Å². The molecule has 0 atom stereocenters. The fraction of sp³-hybridized carbons (Fsp3) is 0.261. The molecule has 0 radical (unpaired) electrons. The molecule has 0 aliphatic heterocycles. The molecule has 12 rings (SSSR count). The molecule has 0 saturated heterocycles. The number of unbranched alkanes of at least 4 members (excludes halogenated alkanes) is 9. The number of aldehydes is 1. The van der Waals surface area contributed by atoms with Crippen LogP contribution in [0.5, 0.6) is 0 Å². The number of thiophene rings is 2. The molecule has 5 nitrogen and oxygen atoms in total. The minimum absolute atomic E-state index is 0.797. The third kappa shape index (κ3) is 9.47. The van der Waals surface area contributed by atoms with E-state index in [2.05, 4.69) is 209 Å². The van der Waals surface area contributed by atoms with Gasteiger partial charge in [0.05, 0.1) is 25.3 Å². The van der Waals surface area contributed by atoms with Gasteiger partial charge in [0, 0.05) is 85.2 Å². The normalized spacial score (nSPS) is 11.9. The zero-order valence-corrected chi connectivity index (χ0v) is 46.0. The molecule has 5 aromatic heterocycles. The monoisotopic (exact) mass is 1030 g/mol. The Morgan fingerprint density at radius 1 is 0.368 bits per heavy atom. The van der Waals surface area contributed by atoms with E-state index in [1.165, 1.54) is 167 Å². The minimum Gasteiger partial charge on any atom is -0.340 e. The Kier molecular flexibility index (Phi) is 14.5. The first-order chi connectivity index (χ1) is 37.5. The molecule has 0 saturated carbocycles. The molecule has 0 aliphatic rings. The van der Waals surface area contributed by atoms with E-state index in [4.69, 9.17) is 0 Å². The topological polar surface area (TPSA) is 35.1 Å². The Balaban J connectivity index is 0.892. The van der Waals surface area contributed by atoms with Gasteiger partial charge in [-0.2, -0.15) is 0 Å². The van der Waals surface area contributed by atoms with Gasteiger partial charge in [-0.1, -0.05) is 163 Å². The van der Waals surface area contributed by atoms with E-state index < -0.39 is 0 Å². The highest BCUT2D eigenvalue weighted by molar-refractivity contribution is 7.29. The number of anilines is 3. The number of rotatable bonds is 22. The number of aromatic nitrogens is 3. The molecule has 0 fully saturated rings. The van der Waals surface area contributed by atoms with Crippen LogP contribution in [-0.2, 0) is 19.6 Å². The first-order valence-corrected chi connectivity index (χ1v) is 29.8. The summed E-state index contributed by atoms with van der Waals surface area (Å²) in [5.74, 6) is 0. The average molecular weight is 1030 g/mol. The van der Waals surface area contributed by atoms with Crippen molar-refractivity contribution in [1.82, 2.24) is 13.7 Å². The van der Waals surface area contributed by atoms with E-state index >= 15 is 0 Å². The molecular formula is C69H68N4OS2. The second kappa shape index (κ2) is 22.2. The quantitative estimate of drug-likeness (QED) is 0.0501. The van der Waals surface area contributed by atoms with Crippen LogP contribution in [-0.4, -0.2) is 20.0 Å². The molecular weight excluding hydrogens is 965 g/mol. The van der Waals surface area contributed by atoms with Gasteiger partial charge in [0.2, 0.25) is 0 Å². The van der Waals surface area contributed by atoms with E-state index in [-0.39, 0.29) is 0 Å². The van der Waals surface area contributed by atoms with Crippen LogP contribution < -0.4 is 4.90 Å². The van der Waals surface area contributed by atoms with Gasteiger partial charge in [0.25, 0.3) is 0 Å². The van der Waals surface area contributed by atoms with Crippen LogP contribution in [0.3, 0.4) is 0 Å². The van der Waals surface area contributed by atoms with Crippen LogP contribution in [0.1, 0.15) is 107 Å². The summed E-state index contributed by atoms with van der Waals surface area (Å²) in [6, 6.07) is 63.9. The van der Waals surface area contributed by atoms with Crippen LogP contribution in [0.15, 0.2) is 170 Å². The number of hydrogen-bond acceptors (Lipinski definition) is 4. The van der Waals surface area contributed by atoms with Gasteiger partial charge in [-0.05, 0) is 132 Å². The first-order valence-electron chi connectivity index (χ1n) is 28.2. The fourth-order valence-corrected chi connectivity index (χ4v) is 14.2. The lowest BCUT2D eigenvalue weighted by atomic mass is 10.0. The Morgan fingerprint density at radius 2 is 0.763 bits per heavy atom. The number of carbonyl (C=O) groups excluding carboxylic acids is 1.